The molecular weight excluding hydrogens is 273 g/mol. The Hall–Kier alpha value is -1.50. The quantitative estimate of drug-likeness (QED) is 0.825. The van der Waals surface area contributed by atoms with Crippen LogP contribution in [0.15, 0.2) is 18.2 Å². The van der Waals surface area contributed by atoms with E-state index in [4.69, 9.17) is 10.5 Å². The van der Waals surface area contributed by atoms with E-state index in [9.17, 15) is 9.18 Å². The fraction of sp³-hybridized carbons (Fsp3) is 0.533. The highest BCUT2D eigenvalue weighted by Crippen LogP contribution is 2.09. The zero-order valence-corrected chi connectivity index (χ0v) is 12.3. The molecule has 3 N–H and O–H groups in total. The molecule has 1 aliphatic heterocycles. The van der Waals surface area contributed by atoms with E-state index >= 15 is 0 Å². The fourth-order valence-electron chi connectivity index (χ4n) is 2.34. The van der Waals surface area contributed by atoms with Crippen molar-refractivity contribution in [3.05, 3.63) is 35.1 Å². The number of ether oxygens (including phenoxy) is 1. The number of nitrogens with two attached hydrogens (primary N) is 1. The van der Waals surface area contributed by atoms with Crippen molar-refractivity contribution < 1.29 is 13.9 Å². The van der Waals surface area contributed by atoms with Crippen LogP contribution in [0, 0.1) is 12.7 Å². The number of nitrogens with zero attached hydrogens (tertiary/aromatic N) is 1. The normalized spacial score (nSPS) is 19.5. The van der Waals surface area contributed by atoms with Crippen LogP contribution in [-0.2, 0) is 16.1 Å². The topological polar surface area (TPSA) is 67.6 Å². The first kappa shape index (κ1) is 15.9. The molecule has 1 amide bonds. The van der Waals surface area contributed by atoms with Crippen molar-refractivity contribution >= 4 is 5.91 Å². The summed E-state index contributed by atoms with van der Waals surface area (Å²) in [5.74, 6) is -0.277. The summed E-state index contributed by atoms with van der Waals surface area (Å²) >= 11 is 0. The molecule has 21 heavy (non-hydrogen) atoms. The maximum atomic E-state index is 13.2. The molecule has 1 saturated heterocycles. The van der Waals surface area contributed by atoms with Crippen molar-refractivity contribution in [2.24, 2.45) is 5.73 Å². The van der Waals surface area contributed by atoms with Crippen molar-refractivity contribution in [3.63, 3.8) is 0 Å². The van der Waals surface area contributed by atoms with Gasteiger partial charge in [0.05, 0.1) is 19.3 Å². The maximum Gasteiger partial charge on any atom is 0.234 e. The monoisotopic (exact) mass is 295 g/mol. The zero-order valence-electron chi connectivity index (χ0n) is 12.3. The average molecular weight is 295 g/mol. The molecule has 1 unspecified atom stereocenters. The second kappa shape index (κ2) is 7.49. The van der Waals surface area contributed by atoms with Crippen LogP contribution in [0.5, 0.6) is 0 Å². The van der Waals surface area contributed by atoms with Gasteiger partial charge in [0.1, 0.15) is 5.82 Å². The number of nitrogens with one attached hydrogen (secondary N) is 1. The van der Waals surface area contributed by atoms with Gasteiger partial charge in [0, 0.05) is 26.2 Å². The van der Waals surface area contributed by atoms with Gasteiger partial charge in [-0.1, -0.05) is 12.1 Å². The molecule has 5 nitrogen and oxygen atoms in total. The van der Waals surface area contributed by atoms with Crippen LogP contribution in [0.4, 0.5) is 4.39 Å². The third-order valence-corrected chi connectivity index (χ3v) is 3.57. The van der Waals surface area contributed by atoms with Gasteiger partial charge in [-0.3, -0.25) is 9.69 Å². The lowest BCUT2D eigenvalue weighted by Crippen LogP contribution is -2.48. The first-order chi connectivity index (χ1) is 10.1. The van der Waals surface area contributed by atoms with Crippen LogP contribution in [0.3, 0.4) is 0 Å². The molecule has 1 aromatic rings. The third kappa shape index (κ3) is 4.77. The van der Waals surface area contributed by atoms with E-state index in [0.717, 1.165) is 12.1 Å². The number of amides is 1. The lowest BCUT2D eigenvalue weighted by Gasteiger charge is -2.31. The summed E-state index contributed by atoms with van der Waals surface area (Å²) in [5, 5.41) is 2.85. The number of morpholine rings is 1. The average Bonchev–Trinajstić information content (AvgIpc) is 2.48. The molecule has 0 spiro atoms. The first-order valence-corrected chi connectivity index (χ1v) is 7.14. The Morgan fingerprint density at radius 1 is 1.57 bits per heavy atom. The molecule has 1 fully saturated rings. The Balaban J connectivity index is 1.77. The lowest BCUT2D eigenvalue weighted by molar-refractivity contribution is -0.124. The number of carbonyl (C=O) groups excluding carboxylic acids is 1. The summed E-state index contributed by atoms with van der Waals surface area (Å²) in [6, 6.07) is 4.85. The Bertz CT molecular complexity index is 496. The highest BCUT2D eigenvalue weighted by molar-refractivity contribution is 5.78. The molecule has 0 aliphatic carbocycles. The zero-order chi connectivity index (χ0) is 15.2. The summed E-state index contributed by atoms with van der Waals surface area (Å²) in [6.45, 7) is 4.93. The van der Waals surface area contributed by atoms with Crippen LogP contribution in [0.25, 0.3) is 0 Å². The van der Waals surface area contributed by atoms with Gasteiger partial charge >= 0.3 is 0 Å². The van der Waals surface area contributed by atoms with Crippen LogP contribution in [0.2, 0.25) is 0 Å². The summed E-state index contributed by atoms with van der Waals surface area (Å²) in [4.78, 5) is 14.0. The van der Waals surface area contributed by atoms with Gasteiger partial charge in [0.15, 0.2) is 0 Å². The molecule has 6 heteroatoms. The predicted octanol–water partition coefficient (Wildman–Crippen LogP) is 0.410. The van der Waals surface area contributed by atoms with E-state index in [1.54, 1.807) is 19.1 Å². The lowest BCUT2D eigenvalue weighted by atomic mass is 10.1. The molecule has 116 valence electrons. The van der Waals surface area contributed by atoms with E-state index in [1.165, 1.54) is 6.07 Å². The van der Waals surface area contributed by atoms with E-state index in [0.29, 0.717) is 38.3 Å². The van der Waals surface area contributed by atoms with Gasteiger partial charge in [0.25, 0.3) is 0 Å². The Labute approximate surface area is 124 Å². The van der Waals surface area contributed by atoms with Gasteiger partial charge in [-0.15, -0.1) is 0 Å². The Kier molecular flexibility index (Phi) is 5.67. The minimum absolute atomic E-state index is 0.00583. The van der Waals surface area contributed by atoms with Gasteiger partial charge in [0.2, 0.25) is 5.91 Å². The van der Waals surface area contributed by atoms with Crippen LogP contribution in [0.1, 0.15) is 11.1 Å². The predicted molar refractivity (Wildman–Crippen MR) is 78.2 cm³/mol. The van der Waals surface area contributed by atoms with E-state index in [-0.39, 0.29) is 17.8 Å². The highest BCUT2D eigenvalue weighted by Gasteiger charge is 2.20. The van der Waals surface area contributed by atoms with Crippen LogP contribution < -0.4 is 11.1 Å². The summed E-state index contributed by atoms with van der Waals surface area (Å²) in [6.07, 6.45) is 0.00583. The standard InChI is InChI=1S/C15H22FN3O2/c1-11-6-12(2-3-14(11)16)8-18-15(20)10-19-4-5-21-13(7-17)9-19/h2-3,6,13H,4-5,7-10,17H2,1H3,(H,18,20). The fourth-order valence-corrected chi connectivity index (χ4v) is 2.34. The molecular formula is C15H22FN3O2. The largest absolute Gasteiger partial charge is 0.374 e. The summed E-state index contributed by atoms with van der Waals surface area (Å²) in [5.41, 5.74) is 7.05. The van der Waals surface area contributed by atoms with Crippen molar-refractivity contribution in [2.45, 2.75) is 19.6 Å². The van der Waals surface area contributed by atoms with Crippen molar-refractivity contribution in [2.75, 3.05) is 32.8 Å². The Morgan fingerprint density at radius 2 is 2.38 bits per heavy atom. The molecule has 0 bridgehead atoms. The van der Waals surface area contributed by atoms with E-state index < -0.39 is 0 Å². The molecule has 1 aliphatic rings. The number of hydrogen-bond acceptors (Lipinski definition) is 4. The van der Waals surface area contributed by atoms with E-state index in [1.807, 2.05) is 4.90 Å². The number of rotatable bonds is 5. The number of halogens is 1. The molecule has 1 atom stereocenters. The first-order valence-electron chi connectivity index (χ1n) is 7.14. The third-order valence-electron chi connectivity index (χ3n) is 3.57. The maximum absolute atomic E-state index is 13.2. The van der Waals surface area contributed by atoms with Gasteiger partial charge < -0.3 is 15.8 Å². The number of aryl methyl sites for hydroxylation is 1. The molecule has 0 radical (unpaired) electrons. The van der Waals surface area contributed by atoms with Crippen LogP contribution in [-0.4, -0.2) is 49.7 Å². The van der Waals surface area contributed by atoms with Gasteiger partial charge in [-0.05, 0) is 24.1 Å². The molecule has 0 saturated carbocycles. The van der Waals surface area contributed by atoms with Gasteiger partial charge in [-0.25, -0.2) is 4.39 Å². The minimum Gasteiger partial charge on any atom is -0.374 e. The van der Waals surface area contributed by atoms with Crippen molar-refractivity contribution in [1.82, 2.24) is 10.2 Å². The molecule has 2 rings (SSSR count). The van der Waals surface area contributed by atoms with Gasteiger partial charge in [-0.2, -0.15) is 0 Å². The van der Waals surface area contributed by atoms with E-state index in [2.05, 4.69) is 5.32 Å². The second-order valence-corrected chi connectivity index (χ2v) is 5.32. The summed E-state index contributed by atoms with van der Waals surface area (Å²) in [7, 11) is 0. The molecule has 1 heterocycles. The van der Waals surface area contributed by atoms with Crippen molar-refractivity contribution in [3.8, 4) is 0 Å². The highest BCUT2D eigenvalue weighted by atomic mass is 19.1. The molecule has 0 aromatic heterocycles. The number of hydrogen-bond donors (Lipinski definition) is 2. The smallest absolute Gasteiger partial charge is 0.234 e. The minimum atomic E-state index is -0.230. The van der Waals surface area contributed by atoms with Crippen LogP contribution >= 0.6 is 0 Å². The Morgan fingerprint density at radius 3 is 3.10 bits per heavy atom. The molecule has 1 aromatic carbocycles. The summed E-state index contributed by atoms with van der Waals surface area (Å²) < 4.78 is 18.6. The SMILES string of the molecule is Cc1cc(CNC(=O)CN2CCOC(CN)C2)ccc1F. The van der Waals surface area contributed by atoms with Crippen molar-refractivity contribution in [1.29, 1.82) is 0 Å². The second-order valence-electron chi connectivity index (χ2n) is 5.32. The number of carbonyl (C=O) groups is 1. The number of benzene rings is 1.